The minimum absolute atomic E-state index is 0.0132. The van der Waals surface area contributed by atoms with E-state index in [1.165, 1.54) is 17.8 Å². The molecule has 0 saturated carbocycles. The van der Waals surface area contributed by atoms with Crippen LogP contribution in [0.4, 0.5) is 0 Å². The summed E-state index contributed by atoms with van der Waals surface area (Å²) in [4.78, 5) is 0.869. The Morgan fingerprint density at radius 2 is 2.00 bits per heavy atom. The van der Waals surface area contributed by atoms with E-state index in [4.69, 9.17) is 27.8 Å². The summed E-state index contributed by atoms with van der Waals surface area (Å²) in [6, 6.07) is 0. The lowest BCUT2D eigenvalue weighted by Gasteiger charge is -2.27. The van der Waals surface area contributed by atoms with Crippen LogP contribution >= 0.6 is 35.0 Å². The second-order valence-electron chi connectivity index (χ2n) is 4.99. The standard InChI is InChI=1S/C12H15Cl2NO5S3/c13-6-1-2-10(7(14)3-6)21-11-5-12(22(17)18)9(16)4-8(11)15-23(19)20/h4,6,11,15-16H,1-3,5H2,(H,17,18)(H,19,20). The fourth-order valence-corrected chi connectivity index (χ4v) is 5.47. The molecule has 0 bridgehead atoms. The van der Waals surface area contributed by atoms with Gasteiger partial charge in [-0.3, -0.25) is 9.27 Å². The van der Waals surface area contributed by atoms with E-state index in [2.05, 4.69) is 4.72 Å². The van der Waals surface area contributed by atoms with Crippen molar-refractivity contribution in [2.45, 2.75) is 36.3 Å². The summed E-state index contributed by atoms with van der Waals surface area (Å²) < 4.78 is 42.9. The Kier molecular flexibility index (Phi) is 7.02. The average molecular weight is 420 g/mol. The van der Waals surface area contributed by atoms with Crippen molar-refractivity contribution in [2.75, 3.05) is 0 Å². The molecule has 130 valence electrons. The van der Waals surface area contributed by atoms with E-state index in [0.717, 1.165) is 11.3 Å². The maximum Gasteiger partial charge on any atom is 0.258 e. The number of hydrogen-bond acceptors (Lipinski definition) is 4. The van der Waals surface area contributed by atoms with Crippen molar-refractivity contribution in [1.82, 2.24) is 4.72 Å². The third-order valence-corrected chi connectivity index (χ3v) is 6.90. The Morgan fingerprint density at radius 1 is 1.30 bits per heavy atom. The van der Waals surface area contributed by atoms with Crippen molar-refractivity contribution in [3.63, 3.8) is 0 Å². The Hall–Kier alpha value is -0.0300. The van der Waals surface area contributed by atoms with Crippen molar-refractivity contribution < 1.29 is 22.6 Å². The van der Waals surface area contributed by atoms with E-state index in [0.29, 0.717) is 23.6 Å². The minimum atomic E-state index is -2.32. The Labute approximate surface area is 153 Å². The molecular weight excluding hydrogens is 405 g/mol. The van der Waals surface area contributed by atoms with Gasteiger partial charge in [0.1, 0.15) is 5.76 Å². The van der Waals surface area contributed by atoms with Crippen molar-refractivity contribution in [2.24, 2.45) is 0 Å². The molecule has 2 rings (SSSR count). The molecule has 0 aliphatic heterocycles. The van der Waals surface area contributed by atoms with Crippen molar-refractivity contribution in [1.29, 1.82) is 0 Å². The van der Waals surface area contributed by atoms with Crippen molar-refractivity contribution in [3.8, 4) is 0 Å². The first-order valence-corrected chi connectivity index (χ1v) is 10.5. The third-order valence-electron chi connectivity index (χ3n) is 3.38. The van der Waals surface area contributed by atoms with Gasteiger partial charge >= 0.3 is 0 Å². The molecule has 4 atom stereocenters. The van der Waals surface area contributed by atoms with Gasteiger partial charge in [0.2, 0.25) is 0 Å². The van der Waals surface area contributed by atoms with E-state index in [9.17, 15) is 18.1 Å². The predicted octanol–water partition coefficient (Wildman–Crippen LogP) is 3.34. The quantitative estimate of drug-likeness (QED) is 0.402. The highest BCUT2D eigenvalue weighted by Crippen LogP contribution is 2.43. The van der Waals surface area contributed by atoms with Gasteiger partial charge in [-0.1, -0.05) is 11.6 Å². The van der Waals surface area contributed by atoms with E-state index in [-0.39, 0.29) is 22.5 Å². The zero-order valence-corrected chi connectivity index (χ0v) is 15.7. The minimum Gasteiger partial charge on any atom is -0.507 e. The fourth-order valence-electron chi connectivity index (χ4n) is 2.29. The highest BCUT2D eigenvalue weighted by atomic mass is 35.5. The summed E-state index contributed by atoms with van der Waals surface area (Å²) in [5.41, 5.74) is 0.299. The summed E-state index contributed by atoms with van der Waals surface area (Å²) in [5, 5.41) is 9.99. The number of rotatable bonds is 5. The van der Waals surface area contributed by atoms with Crippen LogP contribution in [-0.4, -0.2) is 33.3 Å². The number of allylic oxidation sites excluding steroid dienone is 4. The first-order valence-electron chi connectivity index (χ1n) is 6.58. The van der Waals surface area contributed by atoms with Gasteiger partial charge in [-0.15, -0.1) is 23.4 Å². The van der Waals surface area contributed by atoms with Gasteiger partial charge < -0.3 is 9.66 Å². The van der Waals surface area contributed by atoms with Crippen LogP contribution in [0.3, 0.4) is 0 Å². The molecule has 0 radical (unpaired) electrons. The van der Waals surface area contributed by atoms with E-state index in [1.807, 2.05) is 0 Å². The molecule has 0 saturated heterocycles. The number of hydrogen-bond donors (Lipinski definition) is 4. The third kappa shape index (κ3) is 5.22. The number of alkyl halides is 1. The van der Waals surface area contributed by atoms with Crippen LogP contribution in [0, 0.1) is 0 Å². The van der Waals surface area contributed by atoms with Gasteiger partial charge in [0.15, 0.2) is 11.1 Å². The van der Waals surface area contributed by atoms with Crippen LogP contribution in [0.2, 0.25) is 0 Å². The molecule has 23 heavy (non-hydrogen) atoms. The molecule has 0 spiro atoms. The maximum absolute atomic E-state index is 11.3. The van der Waals surface area contributed by atoms with Crippen LogP contribution < -0.4 is 4.72 Å². The number of halogens is 2. The predicted molar refractivity (Wildman–Crippen MR) is 94.8 cm³/mol. The van der Waals surface area contributed by atoms with Crippen LogP contribution in [0.1, 0.15) is 25.7 Å². The monoisotopic (exact) mass is 419 g/mol. The second-order valence-corrected chi connectivity index (χ2v) is 9.05. The number of aliphatic hydroxyl groups is 1. The highest BCUT2D eigenvalue weighted by Gasteiger charge is 2.30. The Balaban J connectivity index is 2.25. The largest absolute Gasteiger partial charge is 0.507 e. The number of thioether (sulfide) groups is 1. The molecule has 6 nitrogen and oxygen atoms in total. The van der Waals surface area contributed by atoms with Gasteiger partial charge in [-0.25, -0.2) is 8.42 Å². The van der Waals surface area contributed by atoms with Gasteiger partial charge in [-0.05, 0) is 12.8 Å². The number of nitrogens with one attached hydrogen (secondary N) is 1. The summed E-state index contributed by atoms with van der Waals surface area (Å²) in [7, 11) is 0. The molecule has 0 fully saturated rings. The number of aliphatic hydroxyl groups excluding tert-OH is 1. The lowest BCUT2D eigenvalue weighted by molar-refractivity contribution is 0.420. The van der Waals surface area contributed by atoms with Crippen molar-refractivity contribution >= 4 is 57.3 Å². The lowest BCUT2D eigenvalue weighted by Crippen LogP contribution is -2.28. The highest BCUT2D eigenvalue weighted by molar-refractivity contribution is 8.04. The van der Waals surface area contributed by atoms with Crippen LogP contribution in [0.25, 0.3) is 0 Å². The van der Waals surface area contributed by atoms with Crippen LogP contribution in [-0.2, 0) is 22.3 Å². The van der Waals surface area contributed by atoms with Gasteiger partial charge in [0.25, 0.3) is 11.3 Å². The normalized spacial score (nSPS) is 28.4. The summed E-state index contributed by atoms with van der Waals surface area (Å²) >= 11 is 9.01. The molecule has 4 unspecified atom stereocenters. The average Bonchev–Trinajstić information content (AvgIpc) is 2.43. The van der Waals surface area contributed by atoms with Crippen LogP contribution in [0.5, 0.6) is 0 Å². The Morgan fingerprint density at radius 3 is 2.57 bits per heavy atom. The molecule has 4 N–H and O–H groups in total. The molecule has 2 aliphatic carbocycles. The molecule has 0 aromatic carbocycles. The van der Waals surface area contributed by atoms with Gasteiger partial charge in [-0.2, -0.15) is 0 Å². The van der Waals surface area contributed by atoms with Gasteiger partial charge in [0, 0.05) is 39.9 Å². The fraction of sp³-hybridized carbons (Fsp3) is 0.500. The second kappa shape index (κ2) is 8.37. The molecule has 2 aliphatic rings. The lowest BCUT2D eigenvalue weighted by atomic mass is 10.1. The SMILES string of the molecule is O=S(O)NC1=CC(O)=C(S(=O)O)CC1SC1=C(Cl)CC(Cl)CC1. The van der Waals surface area contributed by atoms with Crippen LogP contribution in [0.15, 0.2) is 32.4 Å². The van der Waals surface area contributed by atoms with E-state index in [1.54, 1.807) is 0 Å². The maximum atomic E-state index is 11.3. The van der Waals surface area contributed by atoms with E-state index >= 15 is 0 Å². The summed E-state index contributed by atoms with van der Waals surface area (Å²) in [6.07, 6.45) is 3.26. The molecule has 11 heteroatoms. The zero-order valence-electron chi connectivity index (χ0n) is 11.7. The topological polar surface area (TPSA) is 107 Å². The first-order chi connectivity index (χ1) is 10.8. The Bertz CT molecular complexity index is 634. The molecular formula is C12H15Cl2NO5S3. The molecule has 0 aromatic heterocycles. The zero-order chi connectivity index (χ0) is 17.1. The molecule has 0 heterocycles. The van der Waals surface area contributed by atoms with E-state index < -0.39 is 27.6 Å². The van der Waals surface area contributed by atoms with Crippen molar-refractivity contribution in [3.05, 3.63) is 32.4 Å². The molecule has 0 aromatic rings. The summed E-state index contributed by atoms with van der Waals surface area (Å²) in [5.74, 6) is -0.375. The molecule has 0 amide bonds. The smallest absolute Gasteiger partial charge is 0.258 e. The summed E-state index contributed by atoms with van der Waals surface area (Å²) in [6.45, 7) is 0. The van der Waals surface area contributed by atoms with Gasteiger partial charge in [0.05, 0.1) is 10.2 Å². The first kappa shape index (κ1) is 19.3.